The number of hydrogen-bond donors (Lipinski definition) is 1. The molecule has 0 saturated heterocycles. The van der Waals surface area contributed by atoms with Gasteiger partial charge in [0.2, 0.25) is 0 Å². The summed E-state index contributed by atoms with van der Waals surface area (Å²) in [5.74, 6) is -0.417. The number of aliphatic hydroxyl groups is 1. The Hall–Kier alpha value is -0.535. The molecular weight excluding hydrogens is 165 g/mol. The van der Waals surface area contributed by atoms with Crippen LogP contribution in [0.2, 0.25) is 5.02 Å². The van der Waals surface area contributed by atoms with Gasteiger partial charge in [-0.1, -0.05) is 23.1 Å². The molecule has 1 aromatic rings. The van der Waals surface area contributed by atoms with E-state index < -0.39 is 5.82 Å². The Kier molecular flexibility index (Phi) is 2.52. The molecule has 1 N–H and O–H groups in total. The second-order valence-electron chi connectivity index (χ2n) is 2.31. The highest BCUT2D eigenvalue weighted by molar-refractivity contribution is 6.35. The maximum absolute atomic E-state index is 13.0. The Morgan fingerprint density at radius 1 is 1.55 bits per heavy atom. The number of rotatable bonds is 1. The molecule has 1 rings (SSSR count). The Morgan fingerprint density at radius 3 is 2.64 bits per heavy atom. The standard InChI is InChI=1S/C7H7BClFO/c8-5-1-2-6(9)4(3-11)7(5)10/h1-2,11H,3,8H2. The Balaban J connectivity index is 3.29. The fourth-order valence-electron chi connectivity index (χ4n) is 0.860. The first kappa shape index (κ1) is 8.56. The van der Waals surface area contributed by atoms with Gasteiger partial charge in [-0.2, -0.15) is 0 Å². The Labute approximate surface area is 70.2 Å². The molecule has 0 saturated carbocycles. The average Bonchev–Trinajstić information content (AvgIpc) is 1.99. The average molecular weight is 172 g/mol. The second kappa shape index (κ2) is 3.24. The minimum atomic E-state index is -0.417. The van der Waals surface area contributed by atoms with Crippen molar-refractivity contribution in [2.75, 3.05) is 0 Å². The smallest absolute Gasteiger partial charge is 0.143 e. The summed E-state index contributed by atoms with van der Waals surface area (Å²) in [6.07, 6.45) is 0. The van der Waals surface area contributed by atoms with Gasteiger partial charge in [0.15, 0.2) is 0 Å². The van der Waals surface area contributed by atoms with Gasteiger partial charge in [0.05, 0.1) is 6.61 Å². The van der Waals surface area contributed by atoms with Gasteiger partial charge < -0.3 is 5.11 Å². The second-order valence-corrected chi connectivity index (χ2v) is 2.72. The lowest BCUT2D eigenvalue weighted by Gasteiger charge is -2.03. The molecule has 58 valence electrons. The van der Waals surface area contributed by atoms with Gasteiger partial charge in [-0.05, 0) is 6.07 Å². The molecule has 0 aliphatic carbocycles. The minimum Gasteiger partial charge on any atom is -0.392 e. The summed E-state index contributed by atoms with van der Waals surface area (Å²) >= 11 is 5.60. The summed E-state index contributed by atoms with van der Waals surface area (Å²) in [5, 5.41) is 8.97. The normalized spacial score (nSPS) is 10.1. The third kappa shape index (κ3) is 1.55. The van der Waals surface area contributed by atoms with E-state index in [9.17, 15) is 4.39 Å². The number of halogens is 2. The van der Waals surface area contributed by atoms with Crippen LogP contribution in [0.1, 0.15) is 5.56 Å². The van der Waals surface area contributed by atoms with Crippen molar-refractivity contribution < 1.29 is 9.50 Å². The van der Waals surface area contributed by atoms with Crippen molar-refractivity contribution in [3.63, 3.8) is 0 Å². The molecule has 11 heavy (non-hydrogen) atoms. The topological polar surface area (TPSA) is 20.2 Å². The largest absolute Gasteiger partial charge is 0.392 e. The molecule has 0 aromatic heterocycles. The van der Waals surface area contributed by atoms with Crippen molar-refractivity contribution in [2.24, 2.45) is 0 Å². The van der Waals surface area contributed by atoms with Gasteiger partial charge in [-0.3, -0.25) is 0 Å². The van der Waals surface area contributed by atoms with E-state index >= 15 is 0 Å². The van der Waals surface area contributed by atoms with E-state index in [-0.39, 0.29) is 17.2 Å². The van der Waals surface area contributed by atoms with E-state index in [0.717, 1.165) is 0 Å². The lowest BCUT2D eigenvalue weighted by molar-refractivity contribution is 0.276. The van der Waals surface area contributed by atoms with Crippen molar-refractivity contribution in [3.05, 3.63) is 28.5 Å². The summed E-state index contributed by atoms with van der Waals surface area (Å²) < 4.78 is 13.0. The lowest BCUT2D eigenvalue weighted by Crippen LogP contribution is -2.11. The van der Waals surface area contributed by atoms with E-state index in [1.54, 1.807) is 20.0 Å². The first-order chi connectivity index (χ1) is 5.16. The molecule has 0 spiro atoms. The predicted molar refractivity (Wildman–Crippen MR) is 45.5 cm³/mol. The maximum Gasteiger partial charge on any atom is 0.143 e. The molecule has 0 fully saturated rings. The molecule has 0 aliphatic heterocycles. The van der Waals surface area contributed by atoms with Crippen molar-refractivity contribution >= 4 is 24.9 Å². The van der Waals surface area contributed by atoms with E-state index in [0.29, 0.717) is 5.46 Å². The van der Waals surface area contributed by atoms with Crippen LogP contribution in [0.4, 0.5) is 4.39 Å². The molecule has 0 amide bonds. The van der Waals surface area contributed by atoms with Crippen LogP contribution in [-0.2, 0) is 6.61 Å². The van der Waals surface area contributed by atoms with Crippen LogP contribution in [-0.4, -0.2) is 13.0 Å². The van der Waals surface area contributed by atoms with E-state index in [2.05, 4.69) is 0 Å². The lowest BCUT2D eigenvalue weighted by atomic mass is 9.93. The van der Waals surface area contributed by atoms with E-state index in [4.69, 9.17) is 16.7 Å². The molecule has 0 radical (unpaired) electrons. The van der Waals surface area contributed by atoms with Gasteiger partial charge in [-0.25, -0.2) is 4.39 Å². The summed E-state index contributed by atoms with van der Waals surface area (Å²) in [7, 11) is 1.63. The third-order valence-corrected chi connectivity index (χ3v) is 1.89. The molecular formula is C7H7BClFO. The number of hydrogen-bond acceptors (Lipinski definition) is 1. The Morgan fingerprint density at radius 2 is 2.18 bits per heavy atom. The van der Waals surface area contributed by atoms with Crippen LogP contribution in [0, 0.1) is 5.82 Å². The molecule has 4 heteroatoms. The number of aliphatic hydroxyl groups excluding tert-OH is 1. The van der Waals surface area contributed by atoms with E-state index in [1.165, 1.54) is 0 Å². The molecule has 0 aliphatic rings. The summed E-state index contributed by atoms with van der Waals surface area (Å²) in [5.41, 5.74) is 0.671. The van der Waals surface area contributed by atoms with Crippen LogP contribution >= 0.6 is 11.6 Å². The van der Waals surface area contributed by atoms with Crippen molar-refractivity contribution in [1.29, 1.82) is 0 Å². The van der Waals surface area contributed by atoms with Gasteiger partial charge in [0, 0.05) is 10.6 Å². The summed E-state index contributed by atoms with van der Waals surface area (Å²) in [4.78, 5) is 0. The van der Waals surface area contributed by atoms with Crippen LogP contribution < -0.4 is 5.46 Å². The quantitative estimate of drug-likeness (QED) is 0.601. The van der Waals surface area contributed by atoms with Crippen LogP contribution in [0.5, 0.6) is 0 Å². The molecule has 0 heterocycles. The SMILES string of the molecule is Bc1ccc(Cl)c(CO)c1F. The highest BCUT2D eigenvalue weighted by Gasteiger charge is 2.07. The van der Waals surface area contributed by atoms with Gasteiger partial charge in [0.25, 0.3) is 0 Å². The van der Waals surface area contributed by atoms with Crippen molar-refractivity contribution in [3.8, 4) is 0 Å². The molecule has 0 bridgehead atoms. The zero-order valence-electron chi connectivity index (χ0n) is 6.06. The van der Waals surface area contributed by atoms with Gasteiger partial charge >= 0.3 is 0 Å². The van der Waals surface area contributed by atoms with Crippen molar-refractivity contribution in [2.45, 2.75) is 6.61 Å². The Bertz CT molecular complexity index is 277. The predicted octanol–water partition coefficient (Wildman–Crippen LogP) is 0.230. The van der Waals surface area contributed by atoms with Crippen LogP contribution in [0.25, 0.3) is 0 Å². The fraction of sp³-hybridized carbons (Fsp3) is 0.143. The first-order valence-corrected chi connectivity index (χ1v) is 3.59. The fourth-order valence-corrected chi connectivity index (χ4v) is 1.07. The first-order valence-electron chi connectivity index (χ1n) is 3.21. The minimum absolute atomic E-state index is 0.173. The zero-order valence-corrected chi connectivity index (χ0v) is 6.82. The highest BCUT2D eigenvalue weighted by atomic mass is 35.5. The highest BCUT2D eigenvalue weighted by Crippen LogP contribution is 2.16. The molecule has 1 aromatic carbocycles. The summed E-state index contributed by atoms with van der Waals surface area (Å²) in [6.45, 7) is -0.355. The molecule has 1 nitrogen and oxygen atoms in total. The van der Waals surface area contributed by atoms with Gasteiger partial charge in [-0.15, -0.1) is 0 Å². The van der Waals surface area contributed by atoms with Crippen molar-refractivity contribution in [1.82, 2.24) is 0 Å². The molecule has 0 unspecified atom stereocenters. The number of benzene rings is 1. The maximum atomic E-state index is 13.0. The zero-order chi connectivity index (χ0) is 8.43. The van der Waals surface area contributed by atoms with Gasteiger partial charge in [0.1, 0.15) is 13.7 Å². The van der Waals surface area contributed by atoms with E-state index in [1.807, 2.05) is 0 Å². The van der Waals surface area contributed by atoms with Crippen LogP contribution in [0.15, 0.2) is 12.1 Å². The third-order valence-electron chi connectivity index (χ3n) is 1.54. The van der Waals surface area contributed by atoms with Crippen LogP contribution in [0.3, 0.4) is 0 Å². The summed E-state index contributed by atoms with van der Waals surface area (Å²) in [6, 6.07) is 3.16. The molecule has 0 atom stereocenters. The monoisotopic (exact) mass is 172 g/mol.